The van der Waals surface area contributed by atoms with Gasteiger partial charge in [0.1, 0.15) is 11.6 Å². The van der Waals surface area contributed by atoms with Gasteiger partial charge in [-0.3, -0.25) is 9.79 Å². The van der Waals surface area contributed by atoms with Gasteiger partial charge in [0, 0.05) is 30.8 Å². The molecule has 0 saturated carbocycles. The van der Waals surface area contributed by atoms with E-state index in [1.54, 1.807) is 19.2 Å². The Hall–Kier alpha value is -2.80. The summed E-state index contributed by atoms with van der Waals surface area (Å²) >= 11 is 6.09. The SMILES string of the molecule is COc1ccc(CNC(=O)c2ccc(F)c(CNC3=NCCN3)c2)cc1Cl. The number of hydrogen-bond donors (Lipinski definition) is 3. The highest BCUT2D eigenvalue weighted by atomic mass is 35.5. The van der Waals surface area contributed by atoms with Gasteiger partial charge in [-0.15, -0.1) is 0 Å². The Morgan fingerprint density at radius 1 is 1.30 bits per heavy atom. The number of halogens is 2. The van der Waals surface area contributed by atoms with Crippen LogP contribution < -0.4 is 20.7 Å². The first-order valence-corrected chi connectivity index (χ1v) is 8.86. The molecular weight excluding hydrogens is 371 g/mol. The number of guanidine groups is 1. The Labute approximate surface area is 161 Å². The summed E-state index contributed by atoms with van der Waals surface area (Å²) in [7, 11) is 1.54. The van der Waals surface area contributed by atoms with E-state index in [4.69, 9.17) is 16.3 Å². The molecule has 1 heterocycles. The maximum atomic E-state index is 14.0. The summed E-state index contributed by atoms with van der Waals surface area (Å²) in [6.07, 6.45) is 0. The Bertz CT molecular complexity index is 873. The minimum atomic E-state index is -0.375. The molecule has 2 aromatic carbocycles. The Morgan fingerprint density at radius 2 is 2.15 bits per heavy atom. The number of amides is 1. The molecule has 0 aliphatic carbocycles. The Balaban J connectivity index is 1.62. The molecule has 0 saturated heterocycles. The standard InChI is InChI=1S/C19H20ClFN4O2/c1-27-17-5-2-12(8-15(17)20)10-24-18(26)13-3-4-16(21)14(9-13)11-25-19-22-6-7-23-19/h2-5,8-9H,6-7,10-11H2,1H3,(H,24,26)(H2,22,23,25). The van der Waals surface area contributed by atoms with Gasteiger partial charge in [-0.05, 0) is 35.9 Å². The molecule has 0 bridgehead atoms. The topological polar surface area (TPSA) is 74.8 Å². The molecule has 8 heteroatoms. The van der Waals surface area contributed by atoms with Crippen LogP contribution in [0.2, 0.25) is 5.02 Å². The molecule has 1 aliphatic rings. The molecular formula is C19H20ClFN4O2. The fraction of sp³-hybridized carbons (Fsp3) is 0.263. The molecule has 1 aliphatic heterocycles. The van der Waals surface area contributed by atoms with Crippen LogP contribution in [0, 0.1) is 5.82 Å². The predicted molar refractivity (Wildman–Crippen MR) is 103 cm³/mol. The molecule has 27 heavy (non-hydrogen) atoms. The lowest BCUT2D eigenvalue weighted by molar-refractivity contribution is 0.0950. The third kappa shape index (κ3) is 4.89. The summed E-state index contributed by atoms with van der Waals surface area (Å²) in [5, 5.41) is 9.35. The number of rotatable bonds is 6. The highest BCUT2D eigenvalue weighted by molar-refractivity contribution is 6.32. The molecule has 2 aromatic rings. The van der Waals surface area contributed by atoms with E-state index >= 15 is 0 Å². The number of hydrogen-bond acceptors (Lipinski definition) is 5. The van der Waals surface area contributed by atoms with Crippen molar-refractivity contribution < 1.29 is 13.9 Å². The lowest BCUT2D eigenvalue weighted by atomic mass is 10.1. The normalized spacial score (nSPS) is 12.9. The van der Waals surface area contributed by atoms with Crippen molar-refractivity contribution >= 4 is 23.5 Å². The van der Waals surface area contributed by atoms with Crippen LogP contribution in [-0.4, -0.2) is 32.1 Å². The number of aliphatic imine (C=N–C) groups is 1. The van der Waals surface area contributed by atoms with Gasteiger partial charge in [-0.1, -0.05) is 17.7 Å². The maximum Gasteiger partial charge on any atom is 0.251 e. The maximum absolute atomic E-state index is 14.0. The first-order chi connectivity index (χ1) is 13.1. The Morgan fingerprint density at radius 3 is 2.85 bits per heavy atom. The fourth-order valence-electron chi connectivity index (χ4n) is 2.65. The third-order valence-corrected chi connectivity index (χ3v) is 4.39. The van der Waals surface area contributed by atoms with Gasteiger partial charge in [0.05, 0.1) is 18.7 Å². The average Bonchev–Trinajstić information content (AvgIpc) is 3.19. The average molecular weight is 391 g/mol. The highest BCUT2D eigenvalue weighted by Crippen LogP contribution is 2.24. The van der Waals surface area contributed by atoms with Crippen molar-refractivity contribution in [2.24, 2.45) is 4.99 Å². The van der Waals surface area contributed by atoms with Gasteiger partial charge in [0.15, 0.2) is 5.96 Å². The van der Waals surface area contributed by atoms with E-state index in [0.717, 1.165) is 12.1 Å². The van der Waals surface area contributed by atoms with E-state index in [9.17, 15) is 9.18 Å². The largest absolute Gasteiger partial charge is 0.495 e. The van der Waals surface area contributed by atoms with Crippen molar-refractivity contribution in [3.05, 3.63) is 63.9 Å². The van der Waals surface area contributed by atoms with Crippen molar-refractivity contribution in [3.8, 4) is 5.75 Å². The summed E-state index contributed by atoms with van der Waals surface area (Å²) in [6.45, 7) is 2.01. The molecule has 0 unspecified atom stereocenters. The summed E-state index contributed by atoms with van der Waals surface area (Å²) in [4.78, 5) is 16.6. The minimum Gasteiger partial charge on any atom is -0.495 e. The molecule has 3 N–H and O–H groups in total. The fourth-order valence-corrected chi connectivity index (χ4v) is 2.93. The zero-order valence-electron chi connectivity index (χ0n) is 14.8. The van der Waals surface area contributed by atoms with Crippen molar-refractivity contribution in [2.75, 3.05) is 20.2 Å². The zero-order chi connectivity index (χ0) is 19.2. The van der Waals surface area contributed by atoms with Crippen LogP contribution in [-0.2, 0) is 13.1 Å². The quantitative estimate of drug-likeness (QED) is 0.708. The van der Waals surface area contributed by atoms with E-state index in [-0.39, 0.29) is 18.3 Å². The molecule has 3 rings (SSSR count). The third-order valence-electron chi connectivity index (χ3n) is 4.10. The first kappa shape index (κ1) is 19.0. The van der Waals surface area contributed by atoms with Crippen molar-refractivity contribution in [3.63, 3.8) is 0 Å². The number of ether oxygens (including phenoxy) is 1. The zero-order valence-corrected chi connectivity index (χ0v) is 15.6. The second-order valence-corrected chi connectivity index (χ2v) is 6.38. The van der Waals surface area contributed by atoms with Gasteiger partial charge in [0.25, 0.3) is 5.91 Å². The summed E-state index contributed by atoms with van der Waals surface area (Å²) < 4.78 is 19.1. The number of benzene rings is 2. The number of carbonyl (C=O) groups excluding carboxylic acids is 1. The van der Waals surface area contributed by atoms with Crippen molar-refractivity contribution in [1.82, 2.24) is 16.0 Å². The molecule has 0 fully saturated rings. The lowest BCUT2D eigenvalue weighted by Gasteiger charge is -2.11. The van der Waals surface area contributed by atoms with Gasteiger partial charge in [-0.2, -0.15) is 0 Å². The van der Waals surface area contributed by atoms with Crippen LogP contribution in [0.1, 0.15) is 21.5 Å². The van der Waals surface area contributed by atoms with E-state index in [1.807, 2.05) is 6.07 Å². The summed E-state index contributed by atoms with van der Waals surface area (Å²) in [5.74, 6) is 0.545. The predicted octanol–water partition coefficient (Wildman–Crippen LogP) is 2.47. The molecule has 0 aromatic heterocycles. The van der Waals surface area contributed by atoms with E-state index in [0.29, 0.717) is 40.9 Å². The second kappa shape index (κ2) is 8.73. The molecule has 142 valence electrons. The molecule has 6 nitrogen and oxygen atoms in total. The van der Waals surface area contributed by atoms with E-state index < -0.39 is 0 Å². The molecule has 0 spiro atoms. The first-order valence-electron chi connectivity index (χ1n) is 8.48. The summed E-state index contributed by atoms with van der Waals surface area (Å²) in [6, 6.07) is 9.58. The summed E-state index contributed by atoms with van der Waals surface area (Å²) in [5.41, 5.74) is 1.61. The van der Waals surface area contributed by atoms with Gasteiger partial charge in [0.2, 0.25) is 0 Å². The van der Waals surface area contributed by atoms with Crippen molar-refractivity contribution in [2.45, 2.75) is 13.1 Å². The smallest absolute Gasteiger partial charge is 0.251 e. The van der Waals surface area contributed by atoms with Gasteiger partial charge in [-0.25, -0.2) is 4.39 Å². The number of nitrogens with one attached hydrogen (secondary N) is 3. The molecule has 1 amide bonds. The van der Waals surface area contributed by atoms with Gasteiger partial charge >= 0.3 is 0 Å². The van der Waals surface area contributed by atoms with Crippen LogP contribution in [0.3, 0.4) is 0 Å². The number of nitrogens with zero attached hydrogens (tertiary/aromatic N) is 1. The van der Waals surface area contributed by atoms with Crippen LogP contribution in [0.15, 0.2) is 41.4 Å². The monoisotopic (exact) mass is 390 g/mol. The van der Waals surface area contributed by atoms with E-state index in [1.165, 1.54) is 18.2 Å². The van der Waals surface area contributed by atoms with Crippen LogP contribution >= 0.6 is 11.6 Å². The van der Waals surface area contributed by atoms with E-state index in [2.05, 4.69) is 20.9 Å². The molecule has 0 radical (unpaired) electrons. The number of methoxy groups -OCH3 is 1. The number of carbonyl (C=O) groups is 1. The van der Waals surface area contributed by atoms with Gasteiger partial charge < -0.3 is 20.7 Å². The Kier molecular flexibility index (Phi) is 6.13. The van der Waals surface area contributed by atoms with Crippen LogP contribution in [0.25, 0.3) is 0 Å². The highest BCUT2D eigenvalue weighted by Gasteiger charge is 2.12. The second-order valence-electron chi connectivity index (χ2n) is 5.97. The molecule has 0 atom stereocenters. The van der Waals surface area contributed by atoms with Crippen LogP contribution in [0.5, 0.6) is 5.75 Å². The van der Waals surface area contributed by atoms with Crippen LogP contribution in [0.4, 0.5) is 4.39 Å². The van der Waals surface area contributed by atoms with Crippen molar-refractivity contribution in [1.29, 1.82) is 0 Å². The lowest BCUT2D eigenvalue weighted by Crippen LogP contribution is -2.33. The minimum absolute atomic E-state index is 0.243.